The van der Waals surface area contributed by atoms with Gasteiger partial charge in [-0.15, -0.1) is 0 Å². The van der Waals surface area contributed by atoms with E-state index < -0.39 is 5.60 Å². The number of likely N-dealkylation sites (tertiary alicyclic amines) is 1. The average Bonchev–Trinajstić information content (AvgIpc) is 2.90. The Morgan fingerprint density at radius 1 is 1.04 bits per heavy atom. The first kappa shape index (κ1) is 18.7. The Morgan fingerprint density at radius 2 is 1.59 bits per heavy atom. The number of benzene rings is 1. The number of piperidine rings is 2. The van der Waals surface area contributed by atoms with Gasteiger partial charge < -0.3 is 14.9 Å². The van der Waals surface area contributed by atoms with Crippen molar-refractivity contribution in [2.45, 2.75) is 76.0 Å². The predicted octanol–water partition coefficient (Wildman–Crippen LogP) is 4.14. The Hall–Kier alpha value is -1.62. The molecule has 0 saturated carbocycles. The maximum Gasteiger partial charge on any atom is 0.320 e. The molecule has 0 aromatic heterocycles. The molecule has 3 saturated heterocycles. The maximum absolute atomic E-state index is 13.2. The minimum atomic E-state index is -0.665. The molecule has 27 heavy (non-hydrogen) atoms. The Bertz CT molecular complexity index is 663. The van der Waals surface area contributed by atoms with Crippen molar-refractivity contribution in [2.24, 2.45) is 5.92 Å². The number of halogens is 1. The second-order valence-corrected chi connectivity index (χ2v) is 9.21. The summed E-state index contributed by atoms with van der Waals surface area (Å²) in [7, 11) is 0. The highest BCUT2D eigenvalue weighted by Crippen LogP contribution is 2.44. The molecule has 0 aliphatic carbocycles. The van der Waals surface area contributed by atoms with Crippen molar-refractivity contribution in [1.82, 2.24) is 9.80 Å². The fraction of sp³-hybridized carbons (Fsp3) is 0.682. The molecule has 4 rings (SSSR count). The Balaban J connectivity index is 1.40. The predicted molar refractivity (Wildman–Crippen MR) is 103 cm³/mol. The van der Waals surface area contributed by atoms with Crippen LogP contribution in [0.25, 0.3) is 0 Å². The Morgan fingerprint density at radius 3 is 2.11 bits per heavy atom. The number of hydrogen-bond donors (Lipinski definition) is 1. The normalized spacial score (nSPS) is 29.3. The summed E-state index contributed by atoms with van der Waals surface area (Å²) in [5.41, 5.74) is 0.535. The van der Waals surface area contributed by atoms with Crippen LogP contribution in [-0.4, -0.2) is 51.7 Å². The molecule has 0 spiro atoms. The van der Waals surface area contributed by atoms with E-state index in [1.54, 1.807) is 12.1 Å². The topological polar surface area (TPSA) is 43.8 Å². The summed E-state index contributed by atoms with van der Waals surface area (Å²) in [6.07, 6.45) is 5.86. The SMILES string of the molecule is CC(C)(O)C1CCN(C(=O)N2[C@@H]3CC[C@H]2C[C@@H](c2ccc(F)cc2)C3)CC1. The number of nitrogens with zero attached hydrogens (tertiary/aromatic N) is 2. The lowest BCUT2D eigenvalue weighted by Crippen LogP contribution is -2.54. The van der Waals surface area contributed by atoms with Gasteiger partial charge in [0.15, 0.2) is 0 Å². The van der Waals surface area contributed by atoms with Gasteiger partial charge in [0.1, 0.15) is 5.82 Å². The van der Waals surface area contributed by atoms with Crippen LogP contribution in [0.2, 0.25) is 0 Å². The van der Waals surface area contributed by atoms with Crippen molar-refractivity contribution in [2.75, 3.05) is 13.1 Å². The molecule has 148 valence electrons. The van der Waals surface area contributed by atoms with E-state index in [9.17, 15) is 14.3 Å². The molecule has 3 aliphatic rings. The van der Waals surface area contributed by atoms with Crippen molar-refractivity contribution in [3.05, 3.63) is 35.6 Å². The van der Waals surface area contributed by atoms with Gasteiger partial charge in [0.2, 0.25) is 0 Å². The first-order valence-electron chi connectivity index (χ1n) is 10.4. The second-order valence-electron chi connectivity index (χ2n) is 9.21. The van der Waals surface area contributed by atoms with E-state index in [4.69, 9.17) is 0 Å². The van der Waals surface area contributed by atoms with E-state index in [2.05, 4.69) is 4.90 Å². The molecule has 5 heteroatoms. The summed E-state index contributed by atoms with van der Waals surface area (Å²) in [4.78, 5) is 17.3. The van der Waals surface area contributed by atoms with Gasteiger partial charge in [-0.25, -0.2) is 9.18 Å². The standard InChI is InChI=1S/C22H31FN2O2/c1-22(2,27)17-9-11-24(12-10-17)21(26)25-19-7-8-20(25)14-16(13-19)15-3-5-18(23)6-4-15/h3-6,16-17,19-20,27H,7-14H2,1-2H3/t16-,19+,20-. The van der Waals surface area contributed by atoms with Crippen molar-refractivity contribution >= 4 is 6.03 Å². The van der Waals surface area contributed by atoms with Gasteiger partial charge in [0.05, 0.1) is 5.60 Å². The fourth-order valence-corrected chi connectivity index (χ4v) is 5.44. The lowest BCUT2D eigenvalue weighted by Gasteiger charge is -2.44. The van der Waals surface area contributed by atoms with Gasteiger partial charge in [-0.3, -0.25) is 0 Å². The highest BCUT2D eigenvalue weighted by atomic mass is 19.1. The molecule has 2 bridgehead atoms. The van der Waals surface area contributed by atoms with Crippen LogP contribution in [0.3, 0.4) is 0 Å². The number of carbonyl (C=O) groups is 1. The third kappa shape index (κ3) is 3.71. The van der Waals surface area contributed by atoms with Crippen LogP contribution in [0.1, 0.15) is 63.9 Å². The largest absolute Gasteiger partial charge is 0.390 e. The summed E-state index contributed by atoms with van der Waals surface area (Å²) < 4.78 is 13.2. The van der Waals surface area contributed by atoms with Gasteiger partial charge in [-0.1, -0.05) is 12.1 Å². The Labute approximate surface area is 161 Å². The van der Waals surface area contributed by atoms with E-state index in [0.29, 0.717) is 18.0 Å². The lowest BCUT2D eigenvalue weighted by atomic mass is 9.83. The summed E-state index contributed by atoms with van der Waals surface area (Å²) in [6, 6.07) is 7.69. The van der Waals surface area contributed by atoms with Gasteiger partial charge in [0.25, 0.3) is 0 Å². The van der Waals surface area contributed by atoms with Crippen molar-refractivity contribution < 1.29 is 14.3 Å². The molecule has 1 aromatic carbocycles. The van der Waals surface area contributed by atoms with E-state index >= 15 is 0 Å². The molecular formula is C22H31FN2O2. The third-order valence-corrected chi connectivity index (χ3v) is 7.06. The van der Waals surface area contributed by atoms with Gasteiger partial charge >= 0.3 is 6.03 Å². The van der Waals surface area contributed by atoms with E-state index in [1.807, 2.05) is 30.9 Å². The average molecular weight is 375 g/mol. The zero-order valence-electron chi connectivity index (χ0n) is 16.4. The minimum absolute atomic E-state index is 0.189. The number of urea groups is 1. The monoisotopic (exact) mass is 374 g/mol. The van der Waals surface area contributed by atoms with Gasteiger partial charge in [0, 0.05) is 25.2 Å². The molecule has 2 amide bonds. The quantitative estimate of drug-likeness (QED) is 0.845. The molecule has 0 radical (unpaired) electrons. The first-order chi connectivity index (χ1) is 12.8. The molecule has 3 heterocycles. The van der Waals surface area contributed by atoms with Crippen LogP contribution in [0.5, 0.6) is 0 Å². The molecule has 1 N–H and O–H groups in total. The highest BCUT2D eigenvalue weighted by Gasteiger charge is 2.45. The van der Waals surface area contributed by atoms with Crippen LogP contribution in [0.4, 0.5) is 9.18 Å². The summed E-state index contributed by atoms with van der Waals surface area (Å²) in [6.45, 7) is 5.22. The van der Waals surface area contributed by atoms with E-state index in [-0.39, 0.29) is 17.8 Å². The molecule has 3 atom stereocenters. The number of carbonyl (C=O) groups excluding carboxylic acids is 1. The first-order valence-corrected chi connectivity index (χ1v) is 10.4. The zero-order valence-corrected chi connectivity index (χ0v) is 16.4. The third-order valence-electron chi connectivity index (χ3n) is 7.06. The number of amides is 2. The molecule has 1 aromatic rings. The van der Waals surface area contributed by atoms with E-state index in [0.717, 1.165) is 51.6 Å². The number of aliphatic hydroxyl groups is 1. The van der Waals surface area contributed by atoms with Crippen LogP contribution in [0, 0.1) is 11.7 Å². The van der Waals surface area contributed by atoms with Gasteiger partial charge in [-0.05, 0) is 81.9 Å². The minimum Gasteiger partial charge on any atom is -0.390 e. The van der Waals surface area contributed by atoms with Crippen molar-refractivity contribution in [1.29, 1.82) is 0 Å². The molecule has 3 aliphatic heterocycles. The zero-order chi connectivity index (χ0) is 19.2. The van der Waals surface area contributed by atoms with Crippen LogP contribution < -0.4 is 0 Å². The van der Waals surface area contributed by atoms with Crippen LogP contribution >= 0.6 is 0 Å². The molecule has 0 unspecified atom stereocenters. The summed E-state index contributed by atoms with van der Waals surface area (Å²) in [5, 5.41) is 10.2. The van der Waals surface area contributed by atoms with Crippen molar-refractivity contribution in [3.63, 3.8) is 0 Å². The molecule has 3 fully saturated rings. The van der Waals surface area contributed by atoms with Crippen molar-refractivity contribution in [3.8, 4) is 0 Å². The van der Waals surface area contributed by atoms with Crippen LogP contribution in [-0.2, 0) is 0 Å². The highest BCUT2D eigenvalue weighted by molar-refractivity contribution is 5.76. The number of fused-ring (bicyclic) bond motifs is 2. The molecule has 4 nitrogen and oxygen atoms in total. The number of hydrogen-bond acceptors (Lipinski definition) is 2. The Kier molecular flexibility index (Phi) is 4.91. The smallest absolute Gasteiger partial charge is 0.320 e. The maximum atomic E-state index is 13.2. The van der Waals surface area contributed by atoms with Crippen LogP contribution in [0.15, 0.2) is 24.3 Å². The summed E-state index contributed by atoms with van der Waals surface area (Å²) in [5.74, 6) is 0.499. The second kappa shape index (κ2) is 7.08. The lowest BCUT2D eigenvalue weighted by molar-refractivity contribution is -0.0112. The molecular weight excluding hydrogens is 343 g/mol. The van der Waals surface area contributed by atoms with Gasteiger partial charge in [-0.2, -0.15) is 0 Å². The number of rotatable bonds is 2. The summed E-state index contributed by atoms with van der Waals surface area (Å²) >= 11 is 0. The fourth-order valence-electron chi connectivity index (χ4n) is 5.44. The van der Waals surface area contributed by atoms with E-state index in [1.165, 1.54) is 5.56 Å².